The third kappa shape index (κ3) is 3.32. The molecule has 0 amide bonds. The lowest BCUT2D eigenvalue weighted by Crippen LogP contribution is -2.69. The molecule has 21 heavy (non-hydrogen) atoms. The molecule has 1 aromatic heterocycles. The van der Waals surface area contributed by atoms with Crippen molar-refractivity contribution in [3.8, 4) is 0 Å². The van der Waals surface area contributed by atoms with Crippen LogP contribution >= 0.6 is 0 Å². The lowest BCUT2D eigenvalue weighted by molar-refractivity contribution is -0.00746. The fourth-order valence-electron chi connectivity index (χ4n) is 3.70. The summed E-state index contributed by atoms with van der Waals surface area (Å²) in [5, 5.41) is 8.23. The van der Waals surface area contributed by atoms with Crippen molar-refractivity contribution in [2.75, 3.05) is 19.6 Å². The first-order chi connectivity index (χ1) is 10.1. The van der Waals surface area contributed by atoms with Gasteiger partial charge in [-0.05, 0) is 31.7 Å². The first kappa shape index (κ1) is 16.5. The van der Waals surface area contributed by atoms with E-state index in [0.29, 0.717) is 5.54 Å². The standard InChI is InChI=1S/C17H32N4/c1-5-16(6-2)15-20(12-13-21-11-9-10-19-21)17(7-3,8-4)14-18-16/h9-11,18H,5-8,12-15H2,1-4H3. The largest absolute Gasteiger partial charge is 0.308 e. The molecule has 0 radical (unpaired) electrons. The van der Waals surface area contributed by atoms with Crippen LogP contribution in [0.2, 0.25) is 0 Å². The number of hydrogen-bond donors (Lipinski definition) is 1. The average molecular weight is 292 g/mol. The van der Waals surface area contributed by atoms with Crippen LogP contribution in [-0.4, -0.2) is 45.4 Å². The van der Waals surface area contributed by atoms with Crippen LogP contribution in [0.3, 0.4) is 0 Å². The molecule has 0 aromatic carbocycles. The molecule has 1 saturated heterocycles. The van der Waals surface area contributed by atoms with E-state index in [-0.39, 0.29) is 5.54 Å². The van der Waals surface area contributed by atoms with Crippen molar-refractivity contribution in [1.82, 2.24) is 20.0 Å². The third-order valence-electron chi connectivity index (χ3n) is 5.78. The van der Waals surface area contributed by atoms with Gasteiger partial charge in [-0.15, -0.1) is 0 Å². The Balaban J connectivity index is 2.12. The van der Waals surface area contributed by atoms with Gasteiger partial charge in [0.05, 0.1) is 6.54 Å². The molecule has 0 saturated carbocycles. The molecule has 1 fully saturated rings. The molecule has 1 N–H and O–H groups in total. The number of hydrogen-bond acceptors (Lipinski definition) is 3. The van der Waals surface area contributed by atoms with E-state index >= 15 is 0 Å². The van der Waals surface area contributed by atoms with E-state index < -0.39 is 0 Å². The van der Waals surface area contributed by atoms with Gasteiger partial charge >= 0.3 is 0 Å². The van der Waals surface area contributed by atoms with Gasteiger partial charge in [0.15, 0.2) is 0 Å². The lowest BCUT2D eigenvalue weighted by Gasteiger charge is -2.54. The molecule has 0 spiro atoms. The highest BCUT2D eigenvalue weighted by atomic mass is 15.3. The summed E-state index contributed by atoms with van der Waals surface area (Å²) < 4.78 is 2.05. The topological polar surface area (TPSA) is 33.1 Å². The molecule has 2 heterocycles. The summed E-state index contributed by atoms with van der Waals surface area (Å²) in [6.07, 6.45) is 8.75. The SMILES string of the molecule is CCC1(CC)CN(CCn2cccn2)C(CC)(CC)CN1. The Bertz CT molecular complexity index is 404. The molecule has 0 bridgehead atoms. The molecular formula is C17H32N4. The highest BCUT2D eigenvalue weighted by Gasteiger charge is 2.43. The zero-order valence-electron chi connectivity index (χ0n) is 14.2. The Kier molecular flexibility index (Phi) is 5.44. The van der Waals surface area contributed by atoms with Gasteiger partial charge in [0.2, 0.25) is 0 Å². The van der Waals surface area contributed by atoms with Crippen LogP contribution in [0.4, 0.5) is 0 Å². The third-order valence-corrected chi connectivity index (χ3v) is 5.78. The molecular weight excluding hydrogens is 260 g/mol. The number of rotatable bonds is 7. The molecule has 0 atom stereocenters. The predicted molar refractivity (Wildman–Crippen MR) is 88.4 cm³/mol. The quantitative estimate of drug-likeness (QED) is 0.839. The molecule has 1 aliphatic heterocycles. The monoisotopic (exact) mass is 292 g/mol. The Morgan fingerprint density at radius 3 is 2.29 bits per heavy atom. The normalized spacial score (nSPS) is 21.5. The van der Waals surface area contributed by atoms with Crippen LogP contribution in [0.1, 0.15) is 53.4 Å². The van der Waals surface area contributed by atoms with Crippen molar-refractivity contribution in [3.05, 3.63) is 18.5 Å². The van der Waals surface area contributed by atoms with Crippen LogP contribution in [0, 0.1) is 0 Å². The molecule has 2 rings (SSSR count). The van der Waals surface area contributed by atoms with Gasteiger partial charge in [0.25, 0.3) is 0 Å². The van der Waals surface area contributed by atoms with E-state index in [1.54, 1.807) is 0 Å². The Hall–Kier alpha value is -0.870. The first-order valence-corrected chi connectivity index (χ1v) is 8.61. The highest BCUT2D eigenvalue weighted by Crippen LogP contribution is 2.32. The number of nitrogens with zero attached hydrogens (tertiary/aromatic N) is 3. The van der Waals surface area contributed by atoms with Crippen molar-refractivity contribution < 1.29 is 0 Å². The number of aromatic nitrogens is 2. The fourth-order valence-corrected chi connectivity index (χ4v) is 3.70. The Morgan fingerprint density at radius 2 is 1.76 bits per heavy atom. The van der Waals surface area contributed by atoms with Crippen LogP contribution < -0.4 is 5.32 Å². The Labute approximate surface area is 129 Å². The van der Waals surface area contributed by atoms with Crippen LogP contribution in [0.15, 0.2) is 18.5 Å². The van der Waals surface area contributed by atoms with Gasteiger partial charge < -0.3 is 5.32 Å². The predicted octanol–water partition coefficient (Wildman–Crippen LogP) is 2.91. The Morgan fingerprint density at radius 1 is 1.05 bits per heavy atom. The average Bonchev–Trinajstić information content (AvgIpc) is 3.06. The second-order valence-corrected chi connectivity index (χ2v) is 6.46. The van der Waals surface area contributed by atoms with Crippen molar-refractivity contribution in [1.29, 1.82) is 0 Å². The molecule has 0 unspecified atom stereocenters. The minimum atomic E-state index is 0.290. The summed E-state index contributed by atoms with van der Waals surface area (Å²) in [6, 6.07) is 2.01. The van der Waals surface area contributed by atoms with E-state index in [0.717, 1.165) is 26.2 Å². The zero-order chi connectivity index (χ0) is 15.3. The summed E-state index contributed by atoms with van der Waals surface area (Å²) in [5.74, 6) is 0. The molecule has 120 valence electrons. The minimum absolute atomic E-state index is 0.290. The van der Waals surface area contributed by atoms with Crippen LogP contribution in [0.25, 0.3) is 0 Å². The molecule has 4 nitrogen and oxygen atoms in total. The van der Waals surface area contributed by atoms with Gasteiger partial charge in [-0.25, -0.2) is 0 Å². The van der Waals surface area contributed by atoms with Gasteiger partial charge in [0, 0.05) is 43.1 Å². The lowest BCUT2D eigenvalue weighted by atomic mass is 9.80. The van der Waals surface area contributed by atoms with Crippen LogP contribution in [-0.2, 0) is 6.54 Å². The van der Waals surface area contributed by atoms with Crippen LogP contribution in [0.5, 0.6) is 0 Å². The first-order valence-electron chi connectivity index (χ1n) is 8.61. The van der Waals surface area contributed by atoms with E-state index in [1.165, 1.54) is 25.7 Å². The number of piperazine rings is 1. The van der Waals surface area contributed by atoms with Crippen molar-refractivity contribution in [2.24, 2.45) is 0 Å². The van der Waals surface area contributed by atoms with Crippen molar-refractivity contribution in [3.63, 3.8) is 0 Å². The smallest absolute Gasteiger partial charge is 0.0536 e. The minimum Gasteiger partial charge on any atom is -0.308 e. The molecule has 0 aliphatic carbocycles. The van der Waals surface area contributed by atoms with Crippen molar-refractivity contribution >= 4 is 0 Å². The summed E-state index contributed by atoms with van der Waals surface area (Å²) >= 11 is 0. The molecule has 1 aromatic rings. The van der Waals surface area contributed by atoms with Gasteiger partial charge in [0.1, 0.15) is 0 Å². The van der Waals surface area contributed by atoms with E-state index in [2.05, 4.69) is 53.9 Å². The van der Waals surface area contributed by atoms with Gasteiger partial charge in [-0.1, -0.05) is 27.7 Å². The van der Waals surface area contributed by atoms with E-state index in [1.807, 2.05) is 12.3 Å². The molecule has 1 aliphatic rings. The zero-order valence-corrected chi connectivity index (χ0v) is 14.2. The maximum atomic E-state index is 4.35. The van der Waals surface area contributed by atoms with E-state index in [9.17, 15) is 0 Å². The van der Waals surface area contributed by atoms with Gasteiger partial charge in [-0.2, -0.15) is 5.10 Å². The summed E-state index contributed by atoms with van der Waals surface area (Å²) in [4.78, 5) is 2.73. The number of nitrogens with one attached hydrogen (secondary N) is 1. The fraction of sp³-hybridized carbons (Fsp3) is 0.824. The molecule has 4 heteroatoms. The maximum Gasteiger partial charge on any atom is 0.0536 e. The van der Waals surface area contributed by atoms with E-state index in [4.69, 9.17) is 0 Å². The highest BCUT2D eigenvalue weighted by molar-refractivity contribution is 5.03. The second kappa shape index (κ2) is 6.93. The maximum absolute atomic E-state index is 4.35. The van der Waals surface area contributed by atoms with Crippen molar-refractivity contribution in [2.45, 2.75) is 71.0 Å². The summed E-state index contributed by atoms with van der Waals surface area (Å²) in [5.41, 5.74) is 0.596. The summed E-state index contributed by atoms with van der Waals surface area (Å²) in [6.45, 7) is 13.6. The summed E-state index contributed by atoms with van der Waals surface area (Å²) in [7, 11) is 0. The second-order valence-electron chi connectivity index (χ2n) is 6.46. The van der Waals surface area contributed by atoms with Gasteiger partial charge in [-0.3, -0.25) is 9.58 Å².